The largest absolute Gasteiger partial charge is 0.385 e. The SMILES string of the molecule is COCCCNC(=O)CN(C)C(=O)CCNC(C)(C)C. The Bertz CT molecular complexity index is 301. The van der Waals surface area contributed by atoms with E-state index in [4.69, 9.17) is 4.74 Å². The Morgan fingerprint density at radius 3 is 2.40 bits per heavy atom. The standard InChI is InChI=1S/C14H29N3O3/c1-14(2,3)16-9-7-13(19)17(4)11-12(18)15-8-6-10-20-5/h16H,6-11H2,1-5H3,(H,15,18). The maximum atomic E-state index is 11.8. The van der Waals surface area contributed by atoms with E-state index in [1.165, 1.54) is 4.90 Å². The number of ether oxygens (including phenoxy) is 1. The monoisotopic (exact) mass is 287 g/mol. The Balaban J connectivity index is 3.80. The van der Waals surface area contributed by atoms with Gasteiger partial charge in [0.1, 0.15) is 0 Å². The van der Waals surface area contributed by atoms with Crippen LogP contribution in [0.4, 0.5) is 0 Å². The fourth-order valence-electron chi connectivity index (χ4n) is 1.54. The van der Waals surface area contributed by atoms with Gasteiger partial charge in [0.05, 0.1) is 6.54 Å². The Kier molecular flexibility index (Phi) is 9.16. The van der Waals surface area contributed by atoms with Crippen LogP contribution in [0.5, 0.6) is 0 Å². The number of rotatable bonds is 9. The number of nitrogens with one attached hydrogen (secondary N) is 2. The lowest BCUT2D eigenvalue weighted by Crippen LogP contribution is -2.41. The summed E-state index contributed by atoms with van der Waals surface area (Å²) in [5.41, 5.74) is -0.00241. The van der Waals surface area contributed by atoms with Crippen molar-refractivity contribution < 1.29 is 14.3 Å². The number of likely N-dealkylation sites (N-methyl/N-ethyl adjacent to an activating group) is 1. The molecule has 0 aliphatic carbocycles. The van der Waals surface area contributed by atoms with Gasteiger partial charge in [0.25, 0.3) is 0 Å². The molecule has 6 heteroatoms. The molecule has 0 fully saturated rings. The van der Waals surface area contributed by atoms with E-state index < -0.39 is 0 Å². The third-order valence-corrected chi connectivity index (χ3v) is 2.65. The molecule has 0 saturated heterocycles. The predicted octanol–water partition coefficient (Wildman–Crippen LogP) is 0.376. The third kappa shape index (κ3) is 10.8. The highest BCUT2D eigenvalue weighted by Gasteiger charge is 2.14. The predicted molar refractivity (Wildman–Crippen MR) is 79.5 cm³/mol. The number of carbonyl (C=O) groups excluding carboxylic acids is 2. The Morgan fingerprint density at radius 2 is 1.85 bits per heavy atom. The molecule has 0 radical (unpaired) electrons. The van der Waals surface area contributed by atoms with Gasteiger partial charge in [-0.05, 0) is 27.2 Å². The molecule has 0 aromatic heterocycles. The van der Waals surface area contributed by atoms with Crippen molar-refractivity contribution in [1.29, 1.82) is 0 Å². The molecule has 0 atom stereocenters. The molecule has 0 spiro atoms. The van der Waals surface area contributed by atoms with Crippen molar-refractivity contribution in [2.24, 2.45) is 0 Å². The van der Waals surface area contributed by atoms with Crippen LogP contribution in [0.2, 0.25) is 0 Å². The number of amides is 2. The van der Waals surface area contributed by atoms with Crippen LogP contribution in [-0.4, -0.2) is 62.7 Å². The van der Waals surface area contributed by atoms with Crippen LogP contribution in [0.15, 0.2) is 0 Å². The second kappa shape index (κ2) is 9.72. The zero-order valence-corrected chi connectivity index (χ0v) is 13.4. The molecular weight excluding hydrogens is 258 g/mol. The van der Waals surface area contributed by atoms with Crippen LogP contribution in [0.25, 0.3) is 0 Å². The van der Waals surface area contributed by atoms with Gasteiger partial charge in [0.2, 0.25) is 11.8 Å². The molecule has 0 aliphatic rings. The summed E-state index contributed by atoms with van der Waals surface area (Å²) in [5.74, 6) is -0.172. The van der Waals surface area contributed by atoms with Crippen molar-refractivity contribution in [2.75, 3.05) is 40.4 Å². The minimum Gasteiger partial charge on any atom is -0.385 e. The minimum absolute atomic E-state index is 0.00241. The average molecular weight is 287 g/mol. The van der Waals surface area contributed by atoms with Gasteiger partial charge in [0.15, 0.2) is 0 Å². The molecule has 0 saturated carbocycles. The first-order valence-corrected chi connectivity index (χ1v) is 7.01. The van der Waals surface area contributed by atoms with Crippen LogP contribution < -0.4 is 10.6 Å². The molecule has 0 aliphatic heterocycles. The smallest absolute Gasteiger partial charge is 0.239 e. The summed E-state index contributed by atoms with van der Waals surface area (Å²) in [6.45, 7) is 8.05. The molecule has 0 rings (SSSR count). The highest BCUT2D eigenvalue weighted by Crippen LogP contribution is 1.99. The van der Waals surface area contributed by atoms with Crippen molar-refractivity contribution >= 4 is 11.8 Å². The van der Waals surface area contributed by atoms with E-state index in [-0.39, 0.29) is 23.9 Å². The molecule has 0 bridgehead atoms. The molecule has 2 N–H and O–H groups in total. The second-order valence-corrected chi connectivity index (χ2v) is 5.87. The summed E-state index contributed by atoms with van der Waals surface area (Å²) in [5, 5.41) is 6.00. The Labute approximate surface area is 122 Å². The summed E-state index contributed by atoms with van der Waals surface area (Å²) in [6.07, 6.45) is 1.17. The van der Waals surface area contributed by atoms with Crippen molar-refractivity contribution in [1.82, 2.24) is 15.5 Å². The number of hydrogen-bond acceptors (Lipinski definition) is 4. The maximum absolute atomic E-state index is 11.8. The van der Waals surface area contributed by atoms with Gasteiger partial charge in [-0.1, -0.05) is 0 Å². The van der Waals surface area contributed by atoms with Gasteiger partial charge >= 0.3 is 0 Å². The van der Waals surface area contributed by atoms with Gasteiger partial charge in [-0.3, -0.25) is 9.59 Å². The topological polar surface area (TPSA) is 70.7 Å². The summed E-state index contributed by atoms with van der Waals surface area (Å²) in [4.78, 5) is 24.9. The van der Waals surface area contributed by atoms with E-state index in [1.54, 1.807) is 14.2 Å². The van der Waals surface area contributed by atoms with Gasteiger partial charge in [-0.25, -0.2) is 0 Å². The zero-order chi connectivity index (χ0) is 15.6. The number of carbonyl (C=O) groups is 2. The Morgan fingerprint density at radius 1 is 1.20 bits per heavy atom. The Hall–Kier alpha value is -1.14. The van der Waals surface area contributed by atoms with Gasteiger partial charge < -0.3 is 20.3 Å². The number of methoxy groups -OCH3 is 1. The maximum Gasteiger partial charge on any atom is 0.239 e. The first-order valence-electron chi connectivity index (χ1n) is 7.01. The van der Waals surface area contributed by atoms with E-state index in [0.717, 1.165) is 6.42 Å². The first-order chi connectivity index (χ1) is 9.26. The summed E-state index contributed by atoms with van der Waals surface area (Å²) in [6, 6.07) is 0. The molecule has 20 heavy (non-hydrogen) atoms. The highest BCUT2D eigenvalue weighted by molar-refractivity contribution is 5.84. The molecule has 6 nitrogen and oxygen atoms in total. The van der Waals surface area contributed by atoms with Crippen molar-refractivity contribution in [3.8, 4) is 0 Å². The van der Waals surface area contributed by atoms with Crippen LogP contribution in [0, 0.1) is 0 Å². The van der Waals surface area contributed by atoms with Gasteiger partial charge in [-0.15, -0.1) is 0 Å². The summed E-state index contributed by atoms with van der Waals surface area (Å²) >= 11 is 0. The fourth-order valence-corrected chi connectivity index (χ4v) is 1.54. The second-order valence-electron chi connectivity index (χ2n) is 5.87. The quantitative estimate of drug-likeness (QED) is 0.601. The number of hydrogen-bond donors (Lipinski definition) is 2. The van der Waals surface area contributed by atoms with Crippen molar-refractivity contribution in [3.05, 3.63) is 0 Å². The molecule has 2 amide bonds. The van der Waals surface area contributed by atoms with E-state index >= 15 is 0 Å². The summed E-state index contributed by atoms with van der Waals surface area (Å²) in [7, 11) is 3.27. The highest BCUT2D eigenvalue weighted by atomic mass is 16.5. The molecule has 0 unspecified atom stereocenters. The van der Waals surface area contributed by atoms with Crippen LogP contribution in [0.3, 0.4) is 0 Å². The molecule has 0 heterocycles. The normalized spacial score (nSPS) is 11.2. The average Bonchev–Trinajstić information content (AvgIpc) is 2.32. The minimum atomic E-state index is -0.138. The molecular formula is C14H29N3O3. The fraction of sp³-hybridized carbons (Fsp3) is 0.857. The number of nitrogens with zero attached hydrogens (tertiary/aromatic N) is 1. The van der Waals surface area contributed by atoms with E-state index in [9.17, 15) is 9.59 Å². The first kappa shape index (κ1) is 18.9. The van der Waals surface area contributed by atoms with E-state index in [0.29, 0.717) is 26.1 Å². The lowest BCUT2D eigenvalue weighted by Gasteiger charge is -2.22. The molecule has 0 aromatic carbocycles. The van der Waals surface area contributed by atoms with E-state index in [2.05, 4.69) is 31.4 Å². The van der Waals surface area contributed by atoms with Crippen LogP contribution in [-0.2, 0) is 14.3 Å². The lowest BCUT2D eigenvalue weighted by atomic mass is 10.1. The van der Waals surface area contributed by atoms with Crippen molar-refractivity contribution in [3.63, 3.8) is 0 Å². The molecule has 0 aromatic rings. The van der Waals surface area contributed by atoms with Crippen molar-refractivity contribution in [2.45, 2.75) is 39.2 Å². The molecule has 118 valence electrons. The van der Waals surface area contributed by atoms with Gasteiger partial charge in [0, 0.05) is 45.8 Å². The third-order valence-electron chi connectivity index (χ3n) is 2.65. The van der Waals surface area contributed by atoms with Crippen LogP contribution >= 0.6 is 0 Å². The van der Waals surface area contributed by atoms with Gasteiger partial charge in [-0.2, -0.15) is 0 Å². The zero-order valence-electron chi connectivity index (χ0n) is 13.4. The van der Waals surface area contributed by atoms with E-state index in [1.807, 2.05) is 0 Å². The summed E-state index contributed by atoms with van der Waals surface area (Å²) < 4.78 is 4.89. The van der Waals surface area contributed by atoms with Crippen LogP contribution in [0.1, 0.15) is 33.6 Å². The lowest BCUT2D eigenvalue weighted by molar-refractivity contribution is -0.134.